The van der Waals surface area contributed by atoms with Gasteiger partial charge in [0, 0.05) is 6.07 Å². The lowest BCUT2D eigenvalue weighted by Crippen LogP contribution is -2.18. The highest BCUT2D eigenvalue weighted by Gasteiger charge is 2.30. The molecule has 0 saturated heterocycles. The van der Waals surface area contributed by atoms with Crippen LogP contribution in [-0.2, 0) is 9.53 Å². The minimum Gasteiger partial charge on any atom is -0.482 e. The lowest BCUT2D eigenvalue weighted by molar-refractivity contribution is -0.149. The summed E-state index contributed by atoms with van der Waals surface area (Å²) in [5, 5.41) is 0. The molecule has 2 rings (SSSR count). The molecule has 0 aromatic heterocycles. The Morgan fingerprint density at radius 3 is 2.55 bits per heavy atom. The predicted octanol–water partition coefficient (Wildman–Crippen LogP) is 3.19. The van der Waals surface area contributed by atoms with Crippen LogP contribution >= 0.6 is 0 Å². The number of allylic oxidation sites excluding steroid dienone is 2. The third kappa shape index (κ3) is 3.30. The smallest absolute Gasteiger partial charge is 0.344 e. The predicted molar refractivity (Wildman–Crippen MR) is 81.2 cm³/mol. The first-order valence-electron chi connectivity index (χ1n) is 7.16. The zero-order valence-corrected chi connectivity index (χ0v) is 13.5. The van der Waals surface area contributed by atoms with Crippen molar-refractivity contribution in [2.24, 2.45) is 0 Å². The van der Waals surface area contributed by atoms with E-state index in [0.717, 1.165) is 11.1 Å². The Hall–Kier alpha value is -2.30. The van der Waals surface area contributed by atoms with Crippen LogP contribution in [0.2, 0.25) is 0 Å². The third-order valence-electron chi connectivity index (χ3n) is 3.10. The van der Waals surface area contributed by atoms with Gasteiger partial charge in [-0.25, -0.2) is 4.79 Å². The van der Waals surface area contributed by atoms with E-state index in [4.69, 9.17) is 14.2 Å². The van der Waals surface area contributed by atoms with E-state index in [1.54, 1.807) is 26.0 Å². The van der Waals surface area contributed by atoms with Crippen LogP contribution in [0.3, 0.4) is 0 Å². The van der Waals surface area contributed by atoms with Gasteiger partial charge in [0.25, 0.3) is 0 Å². The van der Waals surface area contributed by atoms with Crippen LogP contribution in [-0.4, -0.2) is 24.5 Å². The molecule has 0 atom stereocenters. The summed E-state index contributed by atoms with van der Waals surface area (Å²) in [5.41, 5.74) is 2.13. The average Bonchev–Trinajstić information content (AvgIpc) is 2.73. The average molecular weight is 304 g/mol. The number of hydrogen-bond donors (Lipinski definition) is 0. The topological polar surface area (TPSA) is 61.8 Å². The van der Waals surface area contributed by atoms with Crippen LogP contribution in [0.15, 0.2) is 23.5 Å². The molecule has 0 amide bonds. The van der Waals surface area contributed by atoms with Crippen molar-refractivity contribution in [3.63, 3.8) is 0 Å². The Bertz CT molecular complexity index is 651. The molecule has 0 saturated carbocycles. The largest absolute Gasteiger partial charge is 0.482 e. The third-order valence-corrected chi connectivity index (χ3v) is 3.10. The summed E-state index contributed by atoms with van der Waals surface area (Å²) < 4.78 is 16.0. The summed E-state index contributed by atoms with van der Waals surface area (Å²) in [5.74, 6) is 0.746. The molecule has 0 spiro atoms. The molecule has 1 aliphatic rings. The van der Waals surface area contributed by atoms with Gasteiger partial charge in [-0.1, -0.05) is 0 Å². The molecule has 1 heterocycles. The Kier molecular flexibility index (Phi) is 4.54. The highest BCUT2D eigenvalue weighted by atomic mass is 16.6. The number of carbonyl (C=O) groups excluding carboxylic acids is 2. The fourth-order valence-electron chi connectivity index (χ4n) is 2.22. The highest BCUT2D eigenvalue weighted by molar-refractivity contribution is 6.13. The second kappa shape index (κ2) is 6.22. The number of hydrogen-bond acceptors (Lipinski definition) is 5. The van der Waals surface area contributed by atoms with Gasteiger partial charge < -0.3 is 14.2 Å². The number of ether oxygens (including phenoxy) is 3. The Morgan fingerprint density at radius 2 is 1.95 bits per heavy atom. The van der Waals surface area contributed by atoms with Gasteiger partial charge in [-0.15, -0.1) is 0 Å². The first-order chi connectivity index (χ1) is 10.3. The van der Waals surface area contributed by atoms with Crippen LogP contribution in [0.5, 0.6) is 11.5 Å². The van der Waals surface area contributed by atoms with Gasteiger partial charge in [-0.3, -0.25) is 4.79 Å². The van der Waals surface area contributed by atoms with Crippen molar-refractivity contribution in [3.8, 4) is 11.5 Å². The highest BCUT2D eigenvalue weighted by Crippen LogP contribution is 2.37. The van der Waals surface area contributed by atoms with Crippen molar-refractivity contribution in [1.29, 1.82) is 0 Å². The van der Waals surface area contributed by atoms with E-state index >= 15 is 0 Å². The second-order valence-corrected chi connectivity index (χ2v) is 5.70. The second-order valence-electron chi connectivity index (χ2n) is 5.70. The number of fused-ring (bicyclic) bond motifs is 1. The van der Waals surface area contributed by atoms with E-state index in [1.165, 1.54) is 0 Å². The van der Waals surface area contributed by atoms with Gasteiger partial charge >= 0.3 is 5.97 Å². The van der Waals surface area contributed by atoms with Gasteiger partial charge in [-0.05, 0) is 51.8 Å². The first-order valence-corrected chi connectivity index (χ1v) is 7.16. The van der Waals surface area contributed by atoms with E-state index in [-0.39, 0.29) is 18.5 Å². The van der Waals surface area contributed by atoms with Gasteiger partial charge in [0.1, 0.15) is 11.5 Å². The van der Waals surface area contributed by atoms with Gasteiger partial charge in [0.05, 0.1) is 11.7 Å². The molecule has 1 aromatic rings. The van der Waals surface area contributed by atoms with Gasteiger partial charge in [-0.2, -0.15) is 0 Å². The molecule has 0 bridgehead atoms. The summed E-state index contributed by atoms with van der Waals surface area (Å²) in [4.78, 5) is 23.8. The number of carbonyl (C=O) groups is 2. The maximum absolute atomic E-state index is 12.3. The zero-order chi connectivity index (χ0) is 16.4. The molecule has 0 N–H and O–H groups in total. The Labute approximate surface area is 129 Å². The number of benzene rings is 1. The summed E-state index contributed by atoms with van der Waals surface area (Å²) in [6, 6.07) is 3.34. The maximum atomic E-state index is 12.3. The molecule has 0 unspecified atom stereocenters. The molecular weight excluding hydrogens is 284 g/mol. The van der Waals surface area contributed by atoms with Crippen molar-refractivity contribution < 1.29 is 23.8 Å². The number of Topliss-reactive ketones (excluding diaryl/α,β-unsaturated/α-hetero) is 1. The monoisotopic (exact) mass is 304 g/mol. The van der Waals surface area contributed by atoms with Crippen molar-refractivity contribution in [2.45, 2.75) is 40.7 Å². The minimum atomic E-state index is -0.435. The fraction of sp³-hybridized carbons (Fsp3) is 0.412. The van der Waals surface area contributed by atoms with Gasteiger partial charge in [0.15, 0.2) is 12.4 Å². The molecule has 5 heteroatoms. The maximum Gasteiger partial charge on any atom is 0.344 e. The molecule has 0 aliphatic carbocycles. The van der Waals surface area contributed by atoms with Crippen molar-refractivity contribution in [3.05, 3.63) is 34.6 Å². The van der Waals surface area contributed by atoms with Crippen LogP contribution in [0, 0.1) is 6.92 Å². The van der Waals surface area contributed by atoms with E-state index in [9.17, 15) is 9.59 Å². The molecule has 22 heavy (non-hydrogen) atoms. The summed E-state index contributed by atoms with van der Waals surface area (Å²) in [7, 11) is 0. The van der Waals surface area contributed by atoms with Crippen molar-refractivity contribution in [1.82, 2.24) is 0 Å². The Morgan fingerprint density at radius 1 is 1.27 bits per heavy atom. The number of aryl methyl sites for hydroxylation is 1. The lowest BCUT2D eigenvalue weighted by atomic mass is 10.0. The molecular formula is C17H20O5. The molecule has 0 fully saturated rings. The Balaban J connectivity index is 2.18. The van der Waals surface area contributed by atoms with E-state index in [0.29, 0.717) is 22.8 Å². The molecule has 118 valence electrons. The van der Waals surface area contributed by atoms with Crippen molar-refractivity contribution in [2.75, 3.05) is 6.61 Å². The van der Waals surface area contributed by atoms with E-state index < -0.39 is 5.97 Å². The van der Waals surface area contributed by atoms with E-state index in [2.05, 4.69) is 0 Å². The summed E-state index contributed by atoms with van der Waals surface area (Å²) >= 11 is 0. The summed E-state index contributed by atoms with van der Waals surface area (Å²) in [6.07, 6.45) is -0.181. The van der Waals surface area contributed by atoms with Crippen molar-refractivity contribution >= 4 is 11.8 Å². The normalized spacial score (nSPS) is 13.0. The van der Waals surface area contributed by atoms with Crippen LogP contribution in [0.4, 0.5) is 0 Å². The van der Waals surface area contributed by atoms with Crippen LogP contribution in [0.1, 0.15) is 43.6 Å². The van der Waals surface area contributed by atoms with Gasteiger partial charge in [0.2, 0.25) is 5.78 Å². The lowest BCUT2D eigenvalue weighted by Gasteiger charge is -2.10. The van der Waals surface area contributed by atoms with E-state index in [1.807, 2.05) is 20.8 Å². The minimum absolute atomic E-state index is 0.113. The fourth-order valence-corrected chi connectivity index (χ4v) is 2.22. The zero-order valence-electron chi connectivity index (χ0n) is 13.5. The quantitative estimate of drug-likeness (QED) is 0.631. The van der Waals surface area contributed by atoms with Crippen LogP contribution in [0.25, 0.3) is 0 Å². The SMILES string of the molecule is CC(C)=C1Oc2cc(OCC(=O)OC(C)C)cc(C)c2C1=O. The number of ketones is 1. The van der Waals surface area contributed by atoms with Crippen LogP contribution < -0.4 is 9.47 Å². The molecule has 5 nitrogen and oxygen atoms in total. The molecule has 1 aliphatic heterocycles. The number of rotatable bonds is 4. The number of esters is 1. The molecule has 0 radical (unpaired) electrons. The molecule has 1 aromatic carbocycles. The standard InChI is InChI=1S/C17H20O5/c1-9(2)17-16(19)15-11(5)6-12(7-13(15)22-17)20-8-14(18)21-10(3)4/h6-7,10H,8H2,1-5H3. The first kappa shape index (κ1) is 16.1. The summed E-state index contributed by atoms with van der Waals surface area (Å²) in [6.45, 7) is 8.84.